The number of amides is 2. The summed E-state index contributed by atoms with van der Waals surface area (Å²) in [6.07, 6.45) is 4.69. The third-order valence-corrected chi connectivity index (χ3v) is 3.73. The SMILES string of the molecule is CCC1CCC(O)(CNC(=O)CNC(C)=O)CC1. The van der Waals surface area contributed by atoms with Crippen LogP contribution in [0.5, 0.6) is 0 Å². The molecule has 0 bridgehead atoms. The van der Waals surface area contributed by atoms with Gasteiger partial charge in [0, 0.05) is 13.5 Å². The smallest absolute Gasteiger partial charge is 0.239 e. The van der Waals surface area contributed by atoms with Crippen molar-refractivity contribution in [3.63, 3.8) is 0 Å². The van der Waals surface area contributed by atoms with E-state index < -0.39 is 5.60 Å². The van der Waals surface area contributed by atoms with Crippen molar-refractivity contribution in [1.82, 2.24) is 10.6 Å². The number of carbonyl (C=O) groups excluding carboxylic acids is 2. The van der Waals surface area contributed by atoms with E-state index in [2.05, 4.69) is 17.6 Å². The molecule has 3 N–H and O–H groups in total. The van der Waals surface area contributed by atoms with Crippen LogP contribution in [-0.4, -0.2) is 35.6 Å². The highest BCUT2D eigenvalue weighted by atomic mass is 16.3. The van der Waals surface area contributed by atoms with E-state index in [4.69, 9.17) is 0 Å². The van der Waals surface area contributed by atoms with Gasteiger partial charge < -0.3 is 15.7 Å². The number of hydrogen-bond donors (Lipinski definition) is 3. The van der Waals surface area contributed by atoms with Crippen LogP contribution in [0.25, 0.3) is 0 Å². The molecule has 1 fully saturated rings. The van der Waals surface area contributed by atoms with Crippen molar-refractivity contribution >= 4 is 11.8 Å². The lowest BCUT2D eigenvalue weighted by Crippen LogP contribution is -2.47. The molecule has 1 rings (SSSR count). The summed E-state index contributed by atoms with van der Waals surface area (Å²) in [6, 6.07) is 0. The van der Waals surface area contributed by atoms with Gasteiger partial charge in [-0.25, -0.2) is 0 Å². The van der Waals surface area contributed by atoms with Crippen LogP contribution in [0.2, 0.25) is 0 Å². The first-order valence-corrected chi connectivity index (χ1v) is 6.69. The summed E-state index contributed by atoms with van der Waals surface area (Å²) in [5.41, 5.74) is -0.766. The van der Waals surface area contributed by atoms with E-state index in [0.29, 0.717) is 5.92 Å². The predicted molar refractivity (Wildman–Crippen MR) is 68.9 cm³/mol. The monoisotopic (exact) mass is 256 g/mol. The second-order valence-corrected chi connectivity index (χ2v) is 5.26. The minimum absolute atomic E-state index is 0.0248. The van der Waals surface area contributed by atoms with Crippen LogP contribution in [0.4, 0.5) is 0 Å². The highest BCUT2D eigenvalue weighted by molar-refractivity contribution is 5.83. The van der Waals surface area contributed by atoms with Crippen molar-refractivity contribution in [2.24, 2.45) is 5.92 Å². The molecule has 18 heavy (non-hydrogen) atoms. The summed E-state index contributed by atoms with van der Waals surface area (Å²) in [4.78, 5) is 22.1. The standard InChI is InChI=1S/C13H24N2O3/c1-3-11-4-6-13(18,7-5-11)9-15-12(17)8-14-10(2)16/h11,18H,3-9H2,1-2H3,(H,14,16)(H,15,17). The topological polar surface area (TPSA) is 78.4 Å². The largest absolute Gasteiger partial charge is 0.388 e. The highest BCUT2D eigenvalue weighted by Gasteiger charge is 2.32. The van der Waals surface area contributed by atoms with Crippen LogP contribution in [0.3, 0.4) is 0 Å². The Balaban J connectivity index is 2.26. The number of hydrogen-bond acceptors (Lipinski definition) is 3. The van der Waals surface area contributed by atoms with Crippen molar-refractivity contribution in [1.29, 1.82) is 0 Å². The van der Waals surface area contributed by atoms with Crippen molar-refractivity contribution in [3.8, 4) is 0 Å². The maximum atomic E-state index is 11.4. The molecular formula is C13H24N2O3. The van der Waals surface area contributed by atoms with E-state index in [1.807, 2.05) is 0 Å². The van der Waals surface area contributed by atoms with Gasteiger partial charge in [0.2, 0.25) is 11.8 Å². The minimum Gasteiger partial charge on any atom is -0.388 e. The molecule has 0 aromatic heterocycles. The first kappa shape index (κ1) is 15.0. The molecule has 0 heterocycles. The second-order valence-electron chi connectivity index (χ2n) is 5.26. The van der Waals surface area contributed by atoms with Crippen molar-refractivity contribution in [2.45, 2.75) is 51.6 Å². The average molecular weight is 256 g/mol. The van der Waals surface area contributed by atoms with Gasteiger partial charge in [-0.3, -0.25) is 9.59 Å². The van der Waals surface area contributed by atoms with E-state index in [-0.39, 0.29) is 24.9 Å². The third kappa shape index (κ3) is 5.04. The fourth-order valence-electron chi connectivity index (χ4n) is 2.33. The quantitative estimate of drug-likeness (QED) is 0.673. The molecule has 0 saturated heterocycles. The van der Waals surface area contributed by atoms with Gasteiger partial charge in [-0.2, -0.15) is 0 Å². The molecule has 1 saturated carbocycles. The summed E-state index contributed by atoms with van der Waals surface area (Å²) in [7, 11) is 0. The Morgan fingerprint density at radius 3 is 2.39 bits per heavy atom. The van der Waals surface area contributed by atoms with Crippen LogP contribution in [0.15, 0.2) is 0 Å². The molecule has 0 atom stereocenters. The summed E-state index contributed by atoms with van der Waals surface area (Å²) in [5, 5.41) is 15.4. The third-order valence-electron chi connectivity index (χ3n) is 3.73. The number of rotatable bonds is 5. The van der Waals surface area contributed by atoms with Gasteiger partial charge in [0.1, 0.15) is 0 Å². The molecule has 1 aliphatic rings. The molecule has 2 amide bonds. The van der Waals surface area contributed by atoms with Crippen LogP contribution >= 0.6 is 0 Å². The Labute approximate surface area is 108 Å². The Kier molecular flexibility index (Phi) is 5.59. The van der Waals surface area contributed by atoms with E-state index >= 15 is 0 Å². The van der Waals surface area contributed by atoms with Crippen molar-refractivity contribution in [2.75, 3.05) is 13.1 Å². The van der Waals surface area contributed by atoms with Crippen LogP contribution < -0.4 is 10.6 Å². The zero-order valence-electron chi connectivity index (χ0n) is 11.3. The van der Waals surface area contributed by atoms with E-state index in [1.54, 1.807) is 0 Å². The Morgan fingerprint density at radius 2 is 1.89 bits per heavy atom. The van der Waals surface area contributed by atoms with Gasteiger partial charge in [-0.05, 0) is 31.6 Å². The van der Waals surface area contributed by atoms with E-state index in [1.165, 1.54) is 6.92 Å². The zero-order chi connectivity index (χ0) is 13.6. The molecule has 104 valence electrons. The lowest BCUT2D eigenvalue weighted by molar-refractivity contribution is -0.126. The van der Waals surface area contributed by atoms with Crippen LogP contribution in [0.1, 0.15) is 46.0 Å². The first-order chi connectivity index (χ1) is 8.45. The number of nitrogens with one attached hydrogen (secondary N) is 2. The Hall–Kier alpha value is -1.10. The number of aliphatic hydroxyl groups is 1. The predicted octanol–water partition coefficient (Wildman–Crippen LogP) is 0.570. The van der Waals surface area contributed by atoms with Crippen molar-refractivity contribution in [3.05, 3.63) is 0 Å². The minimum atomic E-state index is -0.766. The summed E-state index contributed by atoms with van der Waals surface area (Å²) < 4.78 is 0. The normalized spacial score (nSPS) is 27.6. The Morgan fingerprint density at radius 1 is 1.28 bits per heavy atom. The van der Waals surface area contributed by atoms with E-state index in [0.717, 1.165) is 32.1 Å². The molecular weight excluding hydrogens is 232 g/mol. The zero-order valence-corrected chi connectivity index (χ0v) is 11.3. The summed E-state index contributed by atoms with van der Waals surface area (Å²) in [6.45, 7) is 3.79. The van der Waals surface area contributed by atoms with Crippen molar-refractivity contribution < 1.29 is 14.7 Å². The van der Waals surface area contributed by atoms with Gasteiger partial charge in [0.05, 0.1) is 12.1 Å². The maximum absolute atomic E-state index is 11.4. The lowest BCUT2D eigenvalue weighted by Gasteiger charge is -2.35. The van der Waals surface area contributed by atoms with Gasteiger partial charge in [0.25, 0.3) is 0 Å². The number of carbonyl (C=O) groups is 2. The summed E-state index contributed by atoms with van der Waals surface area (Å²) >= 11 is 0. The fraction of sp³-hybridized carbons (Fsp3) is 0.846. The van der Waals surface area contributed by atoms with Gasteiger partial charge in [-0.1, -0.05) is 13.3 Å². The van der Waals surface area contributed by atoms with Crippen LogP contribution in [0, 0.1) is 5.92 Å². The Bertz CT molecular complexity index is 297. The van der Waals surface area contributed by atoms with E-state index in [9.17, 15) is 14.7 Å². The van der Waals surface area contributed by atoms with Gasteiger partial charge >= 0.3 is 0 Å². The molecule has 5 heteroatoms. The molecule has 0 radical (unpaired) electrons. The highest BCUT2D eigenvalue weighted by Crippen LogP contribution is 2.33. The molecule has 0 unspecified atom stereocenters. The molecule has 0 spiro atoms. The molecule has 1 aliphatic carbocycles. The second kappa shape index (κ2) is 6.73. The molecule has 5 nitrogen and oxygen atoms in total. The maximum Gasteiger partial charge on any atom is 0.239 e. The average Bonchev–Trinajstić information content (AvgIpc) is 2.35. The molecule has 0 aliphatic heterocycles. The molecule has 0 aromatic rings. The molecule has 0 aromatic carbocycles. The fourth-order valence-corrected chi connectivity index (χ4v) is 2.33. The van der Waals surface area contributed by atoms with Crippen LogP contribution in [-0.2, 0) is 9.59 Å². The van der Waals surface area contributed by atoms with Gasteiger partial charge in [0.15, 0.2) is 0 Å². The first-order valence-electron chi connectivity index (χ1n) is 6.69. The lowest BCUT2D eigenvalue weighted by atomic mass is 9.78. The summed E-state index contributed by atoms with van der Waals surface area (Å²) in [5.74, 6) is 0.226. The van der Waals surface area contributed by atoms with Gasteiger partial charge in [-0.15, -0.1) is 0 Å².